The van der Waals surface area contributed by atoms with Crippen LogP contribution in [0, 0.1) is 0 Å². The maximum absolute atomic E-state index is 12.0. The van der Waals surface area contributed by atoms with Crippen molar-refractivity contribution in [2.24, 2.45) is 0 Å². The van der Waals surface area contributed by atoms with Crippen LogP contribution in [-0.4, -0.2) is 82.4 Å². The van der Waals surface area contributed by atoms with Gasteiger partial charge in [0.1, 0.15) is 6.54 Å². The van der Waals surface area contributed by atoms with Gasteiger partial charge in [-0.15, -0.1) is 11.8 Å². The van der Waals surface area contributed by atoms with Crippen molar-refractivity contribution in [2.45, 2.75) is 6.54 Å². The lowest BCUT2D eigenvalue weighted by Gasteiger charge is -2.26. The first-order chi connectivity index (χ1) is 11.2. The third-order valence-electron chi connectivity index (χ3n) is 3.83. The zero-order chi connectivity index (χ0) is 16.1. The summed E-state index contributed by atoms with van der Waals surface area (Å²) in [6.07, 6.45) is 3.46. The molecule has 3 rings (SSSR count). The van der Waals surface area contributed by atoms with E-state index in [1.54, 1.807) is 11.1 Å². The zero-order valence-corrected chi connectivity index (χ0v) is 13.8. The molecule has 0 aliphatic carbocycles. The molecule has 0 radical (unpaired) electrons. The highest BCUT2D eigenvalue weighted by Crippen LogP contribution is 2.14. The minimum absolute atomic E-state index is 0.0198. The van der Waals surface area contributed by atoms with Gasteiger partial charge in [-0.3, -0.25) is 19.2 Å². The molecule has 126 valence electrons. The van der Waals surface area contributed by atoms with Crippen molar-refractivity contribution < 1.29 is 14.3 Å². The third-order valence-corrected chi connectivity index (χ3v) is 4.77. The monoisotopic (exact) mass is 339 g/mol. The molecule has 0 atom stereocenters. The van der Waals surface area contributed by atoms with Crippen LogP contribution in [-0.2, 0) is 20.9 Å². The second kappa shape index (κ2) is 7.80. The van der Waals surface area contributed by atoms with Gasteiger partial charge < -0.3 is 15.0 Å². The first-order valence-corrected chi connectivity index (χ1v) is 8.84. The number of carbonyl (C=O) groups excluding carboxylic acids is 2. The molecule has 2 aliphatic rings. The largest absolute Gasteiger partial charge is 0.379 e. The molecule has 3 heterocycles. The summed E-state index contributed by atoms with van der Waals surface area (Å²) in [6, 6.07) is 0. The van der Waals surface area contributed by atoms with Crippen LogP contribution in [0.25, 0.3) is 0 Å². The summed E-state index contributed by atoms with van der Waals surface area (Å²) >= 11 is 1.53. The van der Waals surface area contributed by atoms with Crippen LogP contribution in [0.4, 0.5) is 5.69 Å². The second-order valence-electron chi connectivity index (χ2n) is 5.56. The summed E-state index contributed by atoms with van der Waals surface area (Å²) in [6.45, 7) is 5.27. The Morgan fingerprint density at radius 3 is 2.91 bits per heavy atom. The number of aromatic nitrogens is 2. The fourth-order valence-electron chi connectivity index (χ4n) is 2.53. The summed E-state index contributed by atoms with van der Waals surface area (Å²) in [5.74, 6) is 0.887. The van der Waals surface area contributed by atoms with E-state index in [1.807, 2.05) is 10.9 Å². The average molecular weight is 339 g/mol. The topological polar surface area (TPSA) is 79.7 Å². The summed E-state index contributed by atoms with van der Waals surface area (Å²) in [5, 5.41) is 7.05. The number of hydrogen-bond acceptors (Lipinski definition) is 6. The fourth-order valence-corrected chi connectivity index (χ4v) is 3.44. The van der Waals surface area contributed by atoms with E-state index in [0.29, 0.717) is 17.3 Å². The number of anilines is 1. The molecule has 1 N–H and O–H groups in total. The van der Waals surface area contributed by atoms with Gasteiger partial charge in [-0.25, -0.2) is 0 Å². The molecule has 2 amide bonds. The lowest BCUT2D eigenvalue weighted by atomic mass is 10.4. The minimum atomic E-state index is -0.187. The molecule has 0 spiro atoms. The molecule has 0 aromatic carbocycles. The average Bonchev–Trinajstić information content (AvgIpc) is 3.16. The number of rotatable bonds is 6. The van der Waals surface area contributed by atoms with Crippen molar-refractivity contribution in [1.82, 2.24) is 19.6 Å². The lowest BCUT2D eigenvalue weighted by molar-refractivity contribution is -0.130. The number of nitrogens with one attached hydrogen (secondary N) is 1. The summed E-state index contributed by atoms with van der Waals surface area (Å²) in [4.78, 5) is 27.3. The maximum Gasteiger partial charge on any atom is 0.244 e. The van der Waals surface area contributed by atoms with Crippen LogP contribution >= 0.6 is 11.8 Å². The summed E-state index contributed by atoms with van der Waals surface area (Å²) in [5.41, 5.74) is 0.663. The van der Waals surface area contributed by atoms with Gasteiger partial charge in [-0.2, -0.15) is 5.10 Å². The number of morpholine rings is 1. The van der Waals surface area contributed by atoms with Crippen molar-refractivity contribution in [3.05, 3.63) is 12.4 Å². The molecular formula is C14H21N5O3S. The van der Waals surface area contributed by atoms with Gasteiger partial charge in [0.2, 0.25) is 11.8 Å². The second-order valence-corrected chi connectivity index (χ2v) is 6.52. The van der Waals surface area contributed by atoms with E-state index >= 15 is 0 Å². The Hall–Kier alpha value is -1.58. The van der Waals surface area contributed by atoms with Crippen LogP contribution in [0.3, 0.4) is 0 Å². The van der Waals surface area contributed by atoms with Crippen LogP contribution < -0.4 is 5.32 Å². The number of hydrogen-bond donors (Lipinski definition) is 1. The zero-order valence-electron chi connectivity index (χ0n) is 12.9. The van der Waals surface area contributed by atoms with Crippen molar-refractivity contribution in [3.63, 3.8) is 0 Å². The molecule has 23 heavy (non-hydrogen) atoms. The Morgan fingerprint density at radius 2 is 2.17 bits per heavy atom. The molecule has 0 bridgehead atoms. The Bertz CT molecular complexity index is 558. The maximum atomic E-state index is 12.0. The molecule has 2 aliphatic heterocycles. The van der Waals surface area contributed by atoms with Crippen molar-refractivity contribution >= 4 is 29.3 Å². The van der Waals surface area contributed by atoms with Gasteiger partial charge in [0.05, 0.1) is 43.3 Å². The van der Waals surface area contributed by atoms with Crippen molar-refractivity contribution in [3.8, 4) is 0 Å². The van der Waals surface area contributed by atoms with Crippen molar-refractivity contribution in [2.75, 3.05) is 56.3 Å². The molecule has 2 saturated heterocycles. The normalized spacial score (nSPS) is 19.3. The van der Waals surface area contributed by atoms with Gasteiger partial charge in [0.15, 0.2) is 0 Å². The first-order valence-electron chi connectivity index (χ1n) is 7.68. The van der Waals surface area contributed by atoms with Gasteiger partial charge in [-0.05, 0) is 0 Å². The van der Waals surface area contributed by atoms with Gasteiger partial charge in [-0.1, -0.05) is 0 Å². The number of carbonyl (C=O) groups is 2. The first kappa shape index (κ1) is 16.3. The predicted molar refractivity (Wildman–Crippen MR) is 87.2 cm³/mol. The Morgan fingerprint density at radius 1 is 1.35 bits per heavy atom. The number of ether oxygens (including phenoxy) is 1. The molecule has 9 heteroatoms. The molecule has 2 fully saturated rings. The Labute approximate surface area is 139 Å². The Kier molecular flexibility index (Phi) is 5.52. The third kappa shape index (κ3) is 4.69. The summed E-state index contributed by atoms with van der Waals surface area (Å²) in [7, 11) is 0. The van der Waals surface area contributed by atoms with E-state index in [-0.39, 0.29) is 18.4 Å². The highest BCUT2D eigenvalue weighted by molar-refractivity contribution is 8.00. The predicted octanol–water partition coefficient (Wildman–Crippen LogP) is -0.313. The van der Waals surface area contributed by atoms with Crippen molar-refractivity contribution in [1.29, 1.82) is 0 Å². The van der Waals surface area contributed by atoms with Crippen LogP contribution in [0.5, 0.6) is 0 Å². The molecule has 1 aromatic rings. The molecule has 8 nitrogen and oxygen atoms in total. The molecule has 0 unspecified atom stereocenters. The van der Waals surface area contributed by atoms with E-state index in [1.165, 1.54) is 11.8 Å². The SMILES string of the molecule is O=C(CN1CSCC1=O)Nc1cnn(CCN2CCOCC2)c1. The van der Waals surface area contributed by atoms with Crippen LogP contribution in [0.2, 0.25) is 0 Å². The van der Waals surface area contributed by atoms with Gasteiger partial charge in [0.25, 0.3) is 0 Å². The highest BCUT2D eigenvalue weighted by Gasteiger charge is 2.23. The number of amides is 2. The number of nitrogens with zero attached hydrogens (tertiary/aromatic N) is 4. The van der Waals surface area contributed by atoms with E-state index < -0.39 is 0 Å². The number of thioether (sulfide) groups is 1. The van der Waals surface area contributed by atoms with E-state index in [2.05, 4.69) is 15.3 Å². The van der Waals surface area contributed by atoms with Crippen LogP contribution in [0.1, 0.15) is 0 Å². The van der Waals surface area contributed by atoms with Gasteiger partial charge >= 0.3 is 0 Å². The highest BCUT2D eigenvalue weighted by atomic mass is 32.2. The van der Waals surface area contributed by atoms with E-state index in [0.717, 1.165) is 39.4 Å². The standard InChI is InChI=1S/C14H21N5O3S/c20-13(9-18-11-23-10-14(18)21)16-12-7-15-19(8-12)2-1-17-3-5-22-6-4-17/h7-8H,1-6,9-11H2,(H,16,20). The van der Waals surface area contributed by atoms with E-state index in [9.17, 15) is 9.59 Å². The molecule has 1 aromatic heterocycles. The molecular weight excluding hydrogens is 318 g/mol. The lowest BCUT2D eigenvalue weighted by Crippen LogP contribution is -2.38. The van der Waals surface area contributed by atoms with Gasteiger partial charge in [0, 0.05) is 25.8 Å². The molecule has 0 saturated carbocycles. The Balaban J connectivity index is 1.43. The smallest absolute Gasteiger partial charge is 0.244 e. The van der Waals surface area contributed by atoms with E-state index in [4.69, 9.17) is 4.74 Å². The quantitative estimate of drug-likeness (QED) is 0.766. The fraction of sp³-hybridized carbons (Fsp3) is 0.643. The van der Waals surface area contributed by atoms with Crippen LogP contribution in [0.15, 0.2) is 12.4 Å². The summed E-state index contributed by atoms with van der Waals surface area (Å²) < 4.78 is 7.14. The minimum Gasteiger partial charge on any atom is -0.379 e.